The summed E-state index contributed by atoms with van der Waals surface area (Å²) in [5, 5.41) is 16.9. The summed E-state index contributed by atoms with van der Waals surface area (Å²) in [6, 6.07) is 10.0. The molecule has 1 saturated heterocycles. The minimum absolute atomic E-state index is 0.0162. The highest BCUT2D eigenvalue weighted by Gasteiger charge is 2.40. The third kappa shape index (κ3) is 5.30. The van der Waals surface area contributed by atoms with E-state index in [9.17, 15) is 31.5 Å². The smallest absolute Gasteiger partial charge is 0.452 e. The van der Waals surface area contributed by atoms with Gasteiger partial charge in [-0.25, -0.2) is 13.4 Å². The van der Waals surface area contributed by atoms with Crippen LogP contribution >= 0.6 is 0 Å². The Labute approximate surface area is 252 Å². The number of rotatable bonds is 6. The highest BCUT2D eigenvalue weighted by Crippen LogP contribution is 2.38. The van der Waals surface area contributed by atoms with Crippen molar-refractivity contribution in [2.24, 2.45) is 0 Å². The van der Waals surface area contributed by atoms with Crippen LogP contribution < -0.4 is 4.90 Å². The van der Waals surface area contributed by atoms with Crippen LogP contribution in [0, 0.1) is 13.8 Å². The lowest BCUT2D eigenvalue weighted by Gasteiger charge is -2.36. The molecule has 10 nitrogen and oxygen atoms in total. The second-order valence-corrected chi connectivity index (χ2v) is 13.3. The standard InChI is InChI=1S/C30H31F3N6O4S/c1-18-8-9-20(24(15-26(40)41)23-10-13-39-27(19(23)2)35-36-29(39)30(31,32)33)14-21(18)16-37-17-22-6-3-4-12-38(22)28-25(44(37,42)43)7-5-11-34-28/h5,7-11,13-14,22,24H,3-4,6,12,15-17H2,1-2H3,(H,40,41)/t22-,24+/m1/s1. The van der Waals surface area contributed by atoms with Crippen LogP contribution in [0.1, 0.15) is 65.2 Å². The van der Waals surface area contributed by atoms with Gasteiger partial charge in [0, 0.05) is 44.0 Å². The molecule has 6 rings (SSSR count). The molecule has 2 aliphatic rings. The number of pyridine rings is 2. The van der Waals surface area contributed by atoms with E-state index >= 15 is 0 Å². The Morgan fingerprint density at radius 2 is 1.93 bits per heavy atom. The average molecular weight is 629 g/mol. The monoisotopic (exact) mass is 628 g/mol. The molecule has 0 amide bonds. The quantitative estimate of drug-likeness (QED) is 0.319. The minimum atomic E-state index is -4.71. The number of halogens is 3. The van der Waals surface area contributed by atoms with Crippen molar-refractivity contribution in [3.8, 4) is 0 Å². The Hall–Kier alpha value is -4.04. The van der Waals surface area contributed by atoms with E-state index in [4.69, 9.17) is 0 Å². The van der Waals surface area contributed by atoms with Gasteiger partial charge in [0.2, 0.25) is 15.8 Å². The van der Waals surface area contributed by atoms with E-state index in [0.717, 1.165) is 35.8 Å². The van der Waals surface area contributed by atoms with Crippen LogP contribution in [-0.4, -0.2) is 62.5 Å². The first-order chi connectivity index (χ1) is 20.9. The summed E-state index contributed by atoms with van der Waals surface area (Å²) >= 11 is 0. The summed E-state index contributed by atoms with van der Waals surface area (Å²) in [6.07, 6.45) is 0.544. The highest BCUT2D eigenvalue weighted by molar-refractivity contribution is 7.89. The molecule has 2 atom stereocenters. The fourth-order valence-corrected chi connectivity index (χ4v) is 8.02. The first kappa shape index (κ1) is 30.0. The molecule has 0 bridgehead atoms. The Bertz CT molecular complexity index is 1860. The van der Waals surface area contributed by atoms with Gasteiger partial charge in [-0.05, 0) is 79.1 Å². The highest BCUT2D eigenvalue weighted by atomic mass is 32.2. The van der Waals surface area contributed by atoms with Gasteiger partial charge in [0.15, 0.2) is 5.65 Å². The van der Waals surface area contributed by atoms with Gasteiger partial charge >= 0.3 is 12.1 Å². The number of aryl methyl sites for hydroxylation is 2. The molecule has 3 aromatic heterocycles. The predicted molar refractivity (Wildman–Crippen MR) is 155 cm³/mol. The maximum Gasteiger partial charge on any atom is 0.452 e. The van der Waals surface area contributed by atoms with Crippen LogP contribution in [0.2, 0.25) is 0 Å². The molecule has 0 aliphatic carbocycles. The maximum absolute atomic E-state index is 14.0. The molecule has 1 N–H and O–H groups in total. The zero-order chi connectivity index (χ0) is 31.4. The fourth-order valence-electron chi connectivity index (χ4n) is 6.41. The topological polar surface area (TPSA) is 121 Å². The van der Waals surface area contributed by atoms with E-state index in [1.165, 1.54) is 16.6 Å². The third-order valence-corrected chi connectivity index (χ3v) is 10.5. The SMILES string of the molecule is Cc1ccc([C@H](CC(=O)O)c2ccn3c(C(F)(F)F)nnc3c2C)cc1CN1C[C@H]2CCCCN2c2ncccc2S1(=O)=O. The van der Waals surface area contributed by atoms with Crippen molar-refractivity contribution in [2.75, 3.05) is 18.0 Å². The number of piperidine rings is 1. The van der Waals surface area contributed by atoms with Gasteiger partial charge < -0.3 is 10.0 Å². The van der Waals surface area contributed by atoms with Crippen molar-refractivity contribution in [3.05, 3.63) is 82.4 Å². The molecule has 1 aromatic carbocycles. The normalized spacial score (nSPS) is 19.3. The number of hydrogen-bond acceptors (Lipinski definition) is 7. The number of aliphatic carboxylic acids is 1. The Kier molecular flexibility index (Phi) is 7.60. The van der Waals surface area contributed by atoms with Crippen LogP contribution in [-0.2, 0) is 27.5 Å². The molecule has 2 aliphatic heterocycles. The van der Waals surface area contributed by atoms with E-state index in [2.05, 4.69) is 20.1 Å². The van der Waals surface area contributed by atoms with Crippen molar-refractivity contribution < 1.29 is 31.5 Å². The summed E-state index contributed by atoms with van der Waals surface area (Å²) < 4.78 is 70.7. The molecule has 0 unspecified atom stereocenters. The molecule has 0 saturated carbocycles. The number of anilines is 1. The molecule has 0 spiro atoms. The number of carboxylic acid groups (broad SMARTS) is 1. The maximum atomic E-state index is 14.0. The summed E-state index contributed by atoms with van der Waals surface area (Å²) in [5.41, 5.74) is 2.99. The summed E-state index contributed by atoms with van der Waals surface area (Å²) in [5.74, 6) is -2.52. The molecule has 14 heteroatoms. The third-order valence-electron chi connectivity index (χ3n) is 8.68. The predicted octanol–water partition coefficient (Wildman–Crippen LogP) is 4.93. The Morgan fingerprint density at radius 1 is 1.14 bits per heavy atom. The zero-order valence-electron chi connectivity index (χ0n) is 24.1. The Balaban J connectivity index is 1.40. The largest absolute Gasteiger partial charge is 0.481 e. The van der Waals surface area contributed by atoms with E-state index in [1.807, 2.05) is 13.0 Å². The van der Waals surface area contributed by atoms with Gasteiger partial charge in [0.05, 0.1) is 6.42 Å². The second-order valence-electron chi connectivity index (χ2n) is 11.4. The van der Waals surface area contributed by atoms with Crippen molar-refractivity contribution >= 4 is 27.5 Å². The lowest BCUT2D eigenvalue weighted by atomic mass is 9.85. The van der Waals surface area contributed by atoms with Crippen molar-refractivity contribution in [3.63, 3.8) is 0 Å². The van der Waals surface area contributed by atoms with Gasteiger partial charge in [-0.3, -0.25) is 9.20 Å². The number of carbonyl (C=O) groups is 1. The zero-order valence-corrected chi connectivity index (χ0v) is 24.9. The van der Waals surface area contributed by atoms with Crippen molar-refractivity contribution in [1.29, 1.82) is 0 Å². The van der Waals surface area contributed by atoms with Crippen LogP contribution in [0.5, 0.6) is 0 Å². The summed E-state index contributed by atoms with van der Waals surface area (Å²) in [7, 11) is -3.91. The molecular formula is C30H31F3N6O4S. The molecule has 5 heterocycles. The van der Waals surface area contributed by atoms with E-state index < -0.39 is 33.9 Å². The van der Waals surface area contributed by atoms with Gasteiger partial charge in [-0.2, -0.15) is 17.5 Å². The summed E-state index contributed by atoms with van der Waals surface area (Å²) in [4.78, 5) is 18.7. The molecule has 1 fully saturated rings. The first-order valence-electron chi connectivity index (χ1n) is 14.3. The molecule has 4 aromatic rings. The molecule has 232 valence electrons. The number of aromatic nitrogens is 4. The molecule has 44 heavy (non-hydrogen) atoms. The van der Waals surface area contributed by atoms with Crippen LogP contribution in [0.15, 0.2) is 53.7 Å². The van der Waals surface area contributed by atoms with Gasteiger partial charge in [0.25, 0.3) is 0 Å². The lowest BCUT2D eigenvalue weighted by molar-refractivity contribution is -0.145. The van der Waals surface area contributed by atoms with Gasteiger partial charge in [-0.15, -0.1) is 10.2 Å². The van der Waals surface area contributed by atoms with E-state index in [1.54, 1.807) is 37.4 Å². The van der Waals surface area contributed by atoms with Crippen molar-refractivity contribution in [1.82, 2.24) is 23.9 Å². The van der Waals surface area contributed by atoms with Gasteiger partial charge in [-0.1, -0.05) is 18.2 Å². The van der Waals surface area contributed by atoms with Gasteiger partial charge in [0.1, 0.15) is 10.7 Å². The number of benzene rings is 1. The molecule has 0 radical (unpaired) electrons. The number of sulfonamides is 1. The number of fused-ring (bicyclic) bond motifs is 4. The second kappa shape index (κ2) is 11.1. The van der Waals surface area contributed by atoms with Crippen LogP contribution in [0.3, 0.4) is 0 Å². The number of alkyl halides is 3. The lowest BCUT2D eigenvalue weighted by Crippen LogP contribution is -2.45. The van der Waals surface area contributed by atoms with E-state index in [-0.39, 0.29) is 36.1 Å². The fraction of sp³-hybridized carbons (Fsp3) is 0.400. The number of nitrogens with zero attached hydrogens (tertiary/aromatic N) is 6. The minimum Gasteiger partial charge on any atom is -0.481 e. The number of hydrogen-bond donors (Lipinski definition) is 1. The molecular weight excluding hydrogens is 597 g/mol. The average Bonchev–Trinajstić information content (AvgIpc) is 3.40. The Morgan fingerprint density at radius 3 is 2.68 bits per heavy atom. The van der Waals surface area contributed by atoms with Crippen molar-refractivity contribution in [2.45, 2.75) is 69.1 Å². The number of carboxylic acids is 1. The van der Waals surface area contributed by atoms with Crippen LogP contribution in [0.25, 0.3) is 5.65 Å². The van der Waals surface area contributed by atoms with E-state index in [0.29, 0.717) is 28.1 Å². The van der Waals surface area contributed by atoms with Crippen LogP contribution in [0.4, 0.5) is 19.0 Å². The first-order valence-corrected chi connectivity index (χ1v) is 15.7. The summed E-state index contributed by atoms with van der Waals surface area (Å²) in [6.45, 7) is 4.53.